The van der Waals surface area contributed by atoms with Crippen LogP contribution in [0.5, 0.6) is 0 Å². The number of benzene rings is 1. The third-order valence-corrected chi connectivity index (χ3v) is 3.55. The largest absolute Gasteiger partial charge is 0.376 e. The molecule has 20 heavy (non-hydrogen) atoms. The molecule has 0 unspecified atom stereocenters. The molecule has 1 aromatic carbocycles. The van der Waals surface area contributed by atoms with Crippen molar-refractivity contribution in [2.24, 2.45) is 0 Å². The van der Waals surface area contributed by atoms with E-state index in [2.05, 4.69) is 10.6 Å². The molecule has 0 saturated carbocycles. The SMILES string of the molecule is C[C@H](NC(=S)NC[C@H]1CCCO1)c1ccc(F)cc1F. The summed E-state index contributed by atoms with van der Waals surface area (Å²) in [5.74, 6) is -1.16. The molecular formula is C14H18F2N2OS. The Morgan fingerprint density at radius 2 is 2.30 bits per heavy atom. The quantitative estimate of drug-likeness (QED) is 0.838. The average Bonchev–Trinajstić information content (AvgIpc) is 2.89. The minimum absolute atomic E-state index is 0.188. The summed E-state index contributed by atoms with van der Waals surface area (Å²) in [7, 11) is 0. The summed E-state index contributed by atoms with van der Waals surface area (Å²) in [6.45, 7) is 3.21. The number of rotatable bonds is 4. The van der Waals surface area contributed by atoms with Crippen LogP contribution in [0.15, 0.2) is 18.2 Å². The second kappa shape index (κ2) is 6.95. The van der Waals surface area contributed by atoms with E-state index in [-0.39, 0.29) is 12.1 Å². The fraction of sp³-hybridized carbons (Fsp3) is 0.500. The zero-order chi connectivity index (χ0) is 14.5. The molecule has 0 amide bonds. The average molecular weight is 300 g/mol. The van der Waals surface area contributed by atoms with Crippen molar-refractivity contribution in [3.63, 3.8) is 0 Å². The van der Waals surface area contributed by atoms with Gasteiger partial charge in [0.25, 0.3) is 0 Å². The van der Waals surface area contributed by atoms with E-state index in [4.69, 9.17) is 17.0 Å². The Hall–Kier alpha value is -1.27. The topological polar surface area (TPSA) is 33.3 Å². The van der Waals surface area contributed by atoms with Crippen LogP contribution in [0.1, 0.15) is 31.4 Å². The molecule has 0 bridgehead atoms. The van der Waals surface area contributed by atoms with E-state index in [1.165, 1.54) is 12.1 Å². The number of halogens is 2. The molecule has 2 rings (SSSR count). The van der Waals surface area contributed by atoms with Gasteiger partial charge in [-0.3, -0.25) is 0 Å². The maximum atomic E-state index is 13.6. The van der Waals surface area contributed by atoms with Gasteiger partial charge in [-0.2, -0.15) is 0 Å². The Balaban J connectivity index is 1.83. The highest BCUT2D eigenvalue weighted by molar-refractivity contribution is 7.80. The highest BCUT2D eigenvalue weighted by Crippen LogP contribution is 2.17. The lowest BCUT2D eigenvalue weighted by Gasteiger charge is -2.19. The number of hydrogen-bond acceptors (Lipinski definition) is 2. The molecule has 1 saturated heterocycles. The second-order valence-electron chi connectivity index (χ2n) is 4.88. The Morgan fingerprint density at radius 3 is 2.95 bits per heavy atom. The van der Waals surface area contributed by atoms with Crippen LogP contribution in [0.4, 0.5) is 8.78 Å². The summed E-state index contributed by atoms with van der Waals surface area (Å²) < 4.78 is 31.9. The van der Waals surface area contributed by atoms with Crippen molar-refractivity contribution in [3.05, 3.63) is 35.4 Å². The van der Waals surface area contributed by atoms with Gasteiger partial charge in [0.1, 0.15) is 11.6 Å². The third kappa shape index (κ3) is 4.11. The van der Waals surface area contributed by atoms with Crippen molar-refractivity contribution >= 4 is 17.3 Å². The van der Waals surface area contributed by atoms with Gasteiger partial charge < -0.3 is 15.4 Å². The van der Waals surface area contributed by atoms with Gasteiger partial charge in [0.05, 0.1) is 12.1 Å². The predicted molar refractivity (Wildman–Crippen MR) is 77.5 cm³/mol. The monoisotopic (exact) mass is 300 g/mol. The van der Waals surface area contributed by atoms with E-state index in [1.807, 2.05) is 0 Å². The Bertz CT molecular complexity index is 478. The number of hydrogen-bond donors (Lipinski definition) is 2. The maximum absolute atomic E-state index is 13.6. The summed E-state index contributed by atoms with van der Waals surface area (Å²) in [5, 5.41) is 6.48. The Kier molecular flexibility index (Phi) is 5.25. The Morgan fingerprint density at radius 1 is 1.50 bits per heavy atom. The van der Waals surface area contributed by atoms with Gasteiger partial charge in [-0.15, -0.1) is 0 Å². The van der Waals surface area contributed by atoms with Crippen LogP contribution in [-0.4, -0.2) is 24.4 Å². The molecule has 6 heteroatoms. The zero-order valence-corrected chi connectivity index (χ0v) is 12.1. The minimum Gasteiger partial charge on any atom is -0.376 e. The van der Waals surface area contributed by atoms with Crippen LogP contribution < -0.4 is 10.6 Å². The van der Waals surface area contributed by atoms with E-state index in [9.17, 15) is 8.78 Å². The molecule has 0 radical (unpaired) electrons. The number of nitrogens with one attached hydrogen (secondary N) is 2. The maximum Gasteiger partial charge on any atom is 0.166 e. The first kappa shape index (κ1) is 15.1. The molecule has 0 aliphatic carbocycles. The third-order valence-electron chi connectivity index (χ3n) is 3.29. The van der Waals surface area contributed by atoms with E-state index in [0.29, 0.717) is 17.2 Å². The fourth-order valence-electron chi connectivity index (χ4n) is 2.19. The van der Waals surface area contributed by atoms with E-state index >= 15 is 0 Å². The molecule has 1 fully saturated rings. The van der Waals surface area contributed by atoms with Gasteiger partial charge in [-0.25, -0.2) is 8.78 Å². The van der Waals surface area contributed by atoms with Crippen molar-refractivity contribution in [3.8, 4) is 0 Å². The van der Waals surface area contributed by atoms with E-state index in [1.54, 1.807) is 6.92 Å². The second-order valence-corrected chi connectivity index (χ2v) is 5.29. The first-order valence-electron chi connectivity index (χ1n) is 6.67. The molecule has 3 nitrogen and oxygen atoms in total. The van der Waals surface area contributed by atoms with Crippen molar-refractivity contribution in [1.29, 1.82) is 0 Å². The summed E-state index contributed by atoms with van der Waals surface area (Å²) in [6.07, 6.45) is 2.29. The van der Waals surface area contributed by atoms with Gasteiger partial charge in [0.2, 0.25) is 0 Å². The fourth-order valence-corrected chi connectivity index (χ4v) is 2.45. The predicted octanol–water partition coefficient (Wildman–Crippen LogP) is 2.67. The molecule has 2 N–H and O–H groups in total. The summed E-state index contributed by atoms with van der Waals surface area (Å²) >= 11 is 5.16. The normalized spacial score (nSPS) is 19.6. The van der Waals surface area contributed by atoms with Gasteiger partial charge in [0.15, 0.2) is 5.11 Å². The number of thiocarbonyl (C=S) groups is 1. The van der Waals surface area contributed by atoms with E-state index < -0.39 is 11.6 Å². The van der Waals surface area contributed by atoms with Crippen LogP contribution in [0.3, 0.4) is 0 Å². The molecule has 110 valence electrons. The van der Waals surface area contributed by atoms with Crippen LogP contribution in [0.2, 0.25) is 0 Å². The highest BCUT2D eigenvalue weighted by atomic mass is 32.1. The van der Waals surface area contributed by atoms with E-state index in [0.717, 1.165) is 25.5 Å². The Labute approximate surface area is 122 Å². The lowest BCUT2D eigenvalue weighted by molar-refractivity contribution is 0.114. The van der Waals surface area contributed by atoms with Gasteiger partial charge in [-0.1, -0.05) is 6.07 Å². The van der Waals surface area contributed by atoms with Crippen molar-refractivity contribution < 1.29 is 13.5 Å². The van der Waals surface area contributed by atoms with Gasteiger partial charge in [-0.05, 0) is 38.0 Å². The zero-order valence-electron chi connectivity index (χ0n) is 11.3. The van der Waals surface area contributed by atoms with Crippen LogP contribution in [0.25, 0.3) is 0 Å². The first-order valence-corrected chi connectivity index (χ1v) is 7.08. The smallest absolute Gasteiger partial charge is 0.166 e. The number of ether oxygens (including phenoxy) is 1. The molecule has 1 aromatic rings. The lowest BCUT2D eigenvalue weighted by atomic mass is 10.1. The van der Waals surface area contributed by atoms with Crippen LogP contribution in [-0.2, 0) is 4.74 Å². The summed E-state index contributed by atoms with van der Waals surface area (Å²) in [6, 6.07) is 3.20. The summed E-state index contributed by atoms with van der Waals surface area (Å²) in [4.78, 5) is 0. The first-order chi connectivity index (χ1) is 9.56. The molecule has 1 heterocycles. The summed E-state index contributed by atoms with van der Waals surface area (Å²) in [5.41, 5.74) is 0.382. The molecular weight excluding hydrogens is 282 g/mol. The molecule has 2 atom stereocenters. The van der Waals surface area contributed by atoms with Crippen molar-refractivity contribution in [2.75, 3.05) is 13.2 Å². The molecule has 1 aliphatic rings. The molecule has 0 spiro atoms. The van der Waals surface area contributed by atoms with Gasteiger partial charge >= 0.3 is 0 Å². The van der Waals surface area contributed by atoms with Crippen LogP contribution >= 0.6 is 12.2 Å². The lowest BCUT2D eigenvalue weighted by Crippen LogP contribution is -2.40. The van der Waals surface area contributed by atoms with Crippen molar-refractivity contribution in [2.45, 2.75) is 31.9 Å². The molecule has 0 aromatic heterocycles. The standard InChI is InChI=1S/C14H18F2N2OS/c1-9(12-5-4-10(15)7-13(12)16)18-14(20)17-8-11-3-2-6-19-11/h4-5,7,9,11H,2-3,6,8H2,1H3,(H2,17,18,20)/t9-,11+/m0/s1. The van der Waals surface area contributed by atoms with Crippen LogP contribution in [0, 0.1) is 11.6 Å². The molecule has 1 aliphatic heterocycles. The van der Waals surface area contributed by atoms with Gasteiger partial charge in [0, 0.05) is 24.8 Å². The minimum atomic E-state index is -0.586. The van der Waals surface area contributed by atoms with Crippen molar-refractivity contribution in [1.82, 2.24) is 10.6 Å². The highest BCUT2D eigenvalue weighted by Gasteiger charge is 2.16.